The Morgan fingerprint density at radius 2 is 1.78 bits per heavy atom. The molecule has 0 unspecified atom stereocenters. The number of hydrogen-bond donors (Lipinski definition) is 3. The molecule has 3 aromatic rings. The van der Waals surface area contributed by atoms with E-state index in [2.05, 4.69) is 10.5 Å². The molecule has 0 aliphatic heterocycles. The van der Waals surface area contributed by atoms with Gasteiger partial charge in [0.15, 0.2) is 0 Å². The number of hydrogen-bond acceptors (Lipinski definition) is 5. The van der Waals surface area contributed by atoms with Crippen LogP contribution in [0.5, 0.6) is 5.88 Å². The Labute approximate surface area is 151 Å². The molecule has 136 valence electrons. The molecule has 0 bridgehead atoms. The van der Waals surface area contributed by atoms with Crippen molar-refractivity contribution in [3.8, 4) is 11.6 Å². The topological polar surface area (TPSA) is 117 Å². The lowest BCUT2D eigenvalue weighted by molar-refractivity contribution is 0.0955. The number of carbonyl (C=O) groups is 1. The van der Waals surface area contributed by atoms with Gasteiger partial charge in [-0.3, -0.25) is 14.6 Å². The molecule has 0 aliphatic rings. The zero-order chi connectivity index (χ0) is 19.4. The summed E-state index contributed by atoms with van der Waals surface area (Å²) in [6, 6.07) is 13.4. The van der Waals surface area contributed by atoms with E-state index >= 15 is 0 Å². The number of nitrogens with zero attached hydrogens (tertiary/aromatic N) is 2. The summed E-state index contributed by atoms with van der Waals surface area (Å²) in [6.45, 7) is 0. The fraction of sp³-hybridized carbons (Fsp3) is 0. The van der Waals surface area contributed by atoms with Crippen LogP contribution in [0.3, 0.4) is 0 Å². The van der Waals surface area contributed by atoms with Crippen molar-refractivity contribution in [1.82, 2.24) is 15.0 Å². The number of rotatable bonds is 4. The van der Waals surface area contributed by atoms with E-state index in [9.17, 15) is 23.9 Å². The lowest BCUT2D eigenvalue weighted by atomic mass is 10.2. The second-order valence-corrected chi connectivity index (χ2v) is 5.35. The summed E-state index contributed by atoms with van der Waals surface area (Å²) in [6.07, 6.45) is 0.867. The molecule has 3 N–H and O–H groups in total. The molecule has 0 saturated heterocycles. The monoisotopic (exact) mass is 368 g/mol. The van der Waals surface area contributed by atoms with Crippen LogP contribution in [-0.4, -0.2) is 26.8 Å². The van der Waals surface area contributed by atoms with E-state index in [4.69, 9.17) is 0 Å². The molecule has 1 amide bonds. The maximum Gasteiger partial charge on any atom is 0.335 e. The molecular weight excluding hydrogens is 355 g/mol. The van der Waals surface area contributed by atoms with Crippen molar-refractivity contribution in [2.24, 2.45) is 5.10 Å². The standard InChI is InChI=1S/C18H13FN4O4/c19-13-8-4-5-9-14(13)23-17(26)12(16(25)21-18(23)27)10-20-22-15(24)11-6-2-1-3-7-11/h1-10,26H,(H,22,24)(H,21,25,27)/b20-10+. The molecule has 0 aliphatic carbocycles. The second kappa shape index (κ2) is 7.48. The Hall–Kier alpha value is -4.01. The highest BCUT2D eigenvalue weighted by molar-refractivity contribution is 5.94. The number of aromatic amines is 1. The number of nitrogens with one attached hydrogen (secondary N) is 2. The average molecular weight is 368 g/mol. The predicted octanol–water partition coefficient (Wildman–Crippen LogP) is 1.13. The van der Waals surface area contributed by atoms with E-state index in [1.54, 1.807) is 30.3 Å². The van der Waals surface area contributed by atoms with Gasteiger partial charge in [-0.1, -0.05) is 30.3 Å². The largest absolute Gasteiger partial charge is 0.493 e. The van der Waals surface area contributed by atoms with Crippen molar-refractivity contribution < 1.29 is 14.3 Å². The van der Waals surface area contributed by atoms with Crippen LogP contribution in [0.2, 0.25) is 0 Å². The SMILES string of the molecule is O=C(N/N=C/c1c(O)n(-c2ccccc2F)c(=O)[nH]c1=O)c1ccccc1. The first-order valence-corrected chi connectivity index (χ1v) is 7.70. The normalized spacial score (nSPS) is 10.9. The summed E-state index contributed by atoms with van der Waals surface area (Å²) in [5.41, 5.74) is -0.108. The van der Waals surface area contributed by atoms with Crippen molar-refractivity contribution in [3.63, 3.8) is 0 Å². The number of para-hydroxylation sites is 1. The lowest BCUT2D eigenvalue weighted by Crippen LogP contribution is -2.32. The van der Waals surface area contributed by atoms with E-state index in [1.807, 2.05) is 4.98 Å². The zero-order valence-corrected chi connectivity index (χ0v) is 13.7. The fourth-order valence-electron chi connectivity index (χ4n) is 2.32. The van der Waals surface area contributed by atoms with E-state index in [-0.39, 0.29) is 5.69 Å². The third-order valence-electron chi connectivity index (χ3n) is 3.61. The van der Waals surface area contributed by atoms with Gasteiger partial charge in [0.25, 0.3) is 11.5 Å². The first kappa shape index (κ1) is 17.8. The highest BCUT2D eigenvalue weighted by Crippen LogP contribution is 2.17. The maximum atomic E-state index is 14.0. The number of halogens is 1. The van der Waals surface area contributed by atoms with Crippen LogP contribution in [0.1, 0.15) is 15.9 Å². The molecule has 1 heterocycles. The average Bonchev–Trinajstić information content (AvgIpc) is 2.66. The highest BCUT2D eigenvalue weighted by Gasteiger charge is 2.16. The van der Waals surface area contributed by atoms with Crippen LogP contribution >= 0.6 is 0 Å². The van der Waals surface area contributed by atoms with Crippen LogP contribution in [0.4, 0.5) is 4.39 Å². The van der Waals surface area contributed by atoms with Crippen LogP contribution in [0.15, 0.2) is 69.3 Å². The number of aromatic hydroxyl groups is 1. The Kier molecular flexibility index (Phi) is 4.93. The van der Waals surface area contributed by atoms with Crippen molar-refractivity contribution in [3.05, 3.63) is 92.4 Å². The van der Waals surface area contributed by atoms with Gasteiger partial charge in [-0.05, 0) is 24.3 Å². The molecule has 27 heavy (non-hydrogen) atoms. The Morgan fingerprint density at radius 1 is 1.11 bits per heavy atom. The van der Waals surface area contributed by atoms with E-state index in [0.717, 1.165) is 12.3 Å². The molecule has 0 atom stereocenters. The number of aromatic nitrogens is 2. The van der Waals surface area contributed by atoms with Gasteiger partial charge in [-0.2, -0.15) is 5.10 Å². The quantitative estimate of drug-likeness (QED) is 0.473. The number of hydrazone groups is 1. The van der Waals surface area contributed by atoms with Crippen molar-refractivity contribution in [2.75, 3.05) is 0 Å². The fourth-order valence-corrected chi connectivity index (χ4v) is 2.32. The maximum absolute atomic E-state index is 14.0. The van der Waals surface area contributed by atoms with Gasteiger partial charge in [-0.15, -0.1) is 0 Å². The van der Waals surface area contributed by atoms with E-state index in [1.165, 1.54) is 18.2 Å². The summed E-state index contributed by atoms with van der Waals surface area (Å²) >= 11 is 0. The summed E-state index contributed by atoms with van der Waals surface area (Å²) in [7, 11) is 0. The predicted molar refractivity (Wildman–Crippen MR) is 95.8 cm³/mol. The van der Waals surface area contributed by atoms with Gasteiger partial charge < -0.3 is 5.11 Å². The summed E-state index contributed by atoms with van der Waals surface area (Å²) in [5, 5.41) is 13.9. The molecule has 0 fully saturated rings. The van der Waals surface area contributed by atoms with Gasteiger partial charge in [-0.25, -0.2) is 19.2 Å². The molecular formula is C18H13FN4O4. The van der Waals surface area contributed by atoms with Crippen LogP contribution in [0.25, 0.3) is 5.69 Å². The van der Waals surface area contributed by atoms with Gasteiger partial charge >= 0.3 is 5.69 Å². The first-order chi connectivity index (χ1) is 13.0. The summed E-state index contributed by atoms with van der Waals surface area (Å²) in [4.78, 5) is 37.8. The Bertz CT molecular complexity index is 1140. The highest BCUT2D eigenvalue weighted by atomic mass is 19.1. The third kappa shape index (κ3) is 3.66. The zero-order valence-electron chi connectivity index (χ0n) is 13.7. The Balaban J connectivity index is 1.96. The number of amides is 1. The summed E-state index contributed by atoms with van der Waals surface area (Å²) < 4.78 is 14.6. The van der Waals surface area contributed by atoms with Gasteiger partial charge in [0.2, 0.25) is 5.88 Å². The van der Waals surface area contributed by atoms with Crippen molar-refractivity contribution >= 4 is 12.1 Å². The summed E-state index contributed by atoms with van der Waals surface area (Å²) in [5.74, 6) is -2.13. The molecule has 1 aromatic heterocycles. The molecule has 0 radical (unpaired) electrons. The molecule has 0 saturated carbocycles. The molecule has 9 heteroatoms. The minimum absolute atomic E-state index is 0.251. The van der Waals surface area contributed by atoms with Gasteiger partial charge in [0, 0.05) is 5.56 Å². The number of benzene rings is 2. The number of H-pyrrole nitrogens is 1. The minimum atomic E-state index is -1.02. The third-order valence-corrected chi connectivity index (χ3v) is 3.61. The van der Waals surface area contributed by atoms with Gasteiger partial charge in [0.05, 0.1) is 11.9 Å². The molecule has 0 spiro atoms. The van der Waals surface area contributed by atoms with Crippen LogP contribution < -0.4 is 16.7 Å². The van der Waals surface area contributed by atoms with E-state index in [0.29, 0.717) is 10.1 Å². The molecule has 8 nitrogen and oxygen atoms in total. The van der Waals surface area contributed by atoms with Gasteiger partial charge in [0.1, 0.15) is 11.4 Å². The van der Waals surface area contributed by atoms with E-state index < -0.39 is 34.4 Å². The van der Waals surface area contributed by atoms with Crippen molar-refractivity contribution in [2.45, 2.75) is 0 Å². The Morgan fingerprint density at radius 3 is 2.48 bits per heavy atom. The lowest BCUT2D eigenvalue weighted by Gasteiger charge is -2.10. The second-order valence-electron chi connectivity index (χ2n) is 5.35. The van der Waals surface area contributed by atoms with Crippen LogP contribution in [-0.2, 0) is 0 Å². The molecule has 2 aromatic carbocycles. The number of carbonyl (C=O) groups excluding carboxylic acids is 1. The minimum Gasteiger partial charge on any atom is -0.493 e. The van der Waals surface area contributed by atoms with Crippen LogP contribution in [0, 0.1) is 5.82 Å². The molecule has 3 rings (SSSR count). The first-order valence-electron chi connectivity index (χ1n) is 7.70. The smallest absolute Gasteiger partial charge is 0.335 e. The van der Waals surface area contributed by atoms with Crippen molar-refractivity contribution in [1.29, 1.82) is 0 Å².